The second-order valence-corrected chi connectivity index (χ2v) is 12.2. The van der Waals surface area contributed by atoms with E-state index in [2.05, 4.69) is 4.98 Å². The molecular weight excluding hydrogens is 573 g/mol. The van der Waals surface area contributed by atoms with Gasteiger partial charge >= 0.3 is 0 Å². The Morgan fingerprint density at radius 3 is 2.41 bits per heavy atom. The average molecular weight is 612 g/mol. The van der Waals surface area contributed by atoms with E-state index in [1.807, 2.05) is 66.4 Å². The summed E-state index contributed by atoms with van der Waals surface area (Å²) >= 11 is 0. The van der Waals surface area contributed by atoms with Gasteiger partial charge in [-0.1, -0.05) is 48.5 Å². The number of fused-ring (bicyclic) bond motifs is 3. The molecule has 6 rings (SSSR count). The molecule has 4 nitrogen and oxygen atoms in total. The number of alkyl halides is 3. The minimum Gasteiger partial charge on any atom is -0.374 e. The van der Waals surface area contributed by atoms with Gasteiger partial charge in [0.25, 0.3) is 0 Å². The number of nitrogens with one attached hydrogen (secondary N) is 1. The molecule has 0 aliphatic carbocycles. The third-order valence-electron chi connectivity index (χ3n) is 9.04. The molecule has 0 amide bonds. The fraction of sp³-hybridized carbons (Fsp3) is 0.429. The minimum absolute atomic E-state index is 0.0520. The Balaban J connectivity index is 1.27. The molecule has 1 saturated heterocycles. The molecule has 1 fully saturated rings. The van der Waals surface area contributed by atoms with Gasteiger partial charge in [0.2, 0.25) is 0 Å². The summed E-state index contributed by atoms with van der Waals surface area (Å²) in [5, 5.41) is 0.963. The van der Waals surface area contributed by atoms with Crippen molar-refractivity contribution in [1.82, 2.24) is 14.8 Å². The van der Waals surface area contributed by atoms with Gasteiger partial charge in [-0.2, -0.15) is 0 Å². The molecule has 2 aliphatic rings. The molecule has 234 valence electrons. The maximum absolute atomic E-state index is 16.0. The number of H-pyrrole nitrogens is 1. The molecule has 0 bridgehead atoms. The maximum atomic E-state index is 16.0. The van der Waals surface area contributed by atoms with Crippen LogP contribution >= 0.6 is 0 Å². The number of aromatic nitrogens is 1. The molecule has 1 N–H and O–H groups in total. The SMILES string of the molecule is C[C@@H]1Cc2c([nH]c3ccccc23)[C@@H](c2c(F)cc(C(F)C3CN(CCCF)C3)cc2F)N1C[C@@H](F)COCc1ccccc1. The lowest BCUT2D eigenvalue weighted by atomic mass is 9.85. The summed E-state index contributed by atoms with van der Waals surface area (Å²) in [5.41, 5.74) is 3.05. The van der Waals surface area contributed by atoms with Crippen LogP contribution in [0.4, 0.5) is 22.0 Å². The lowest BCUT2D eigenvalue weighted by molar-refractivity contribution is 0.0323. The number of nitrogens with zero attached hydrogens (tertiary/aromatic N) is 2. The smallest absolute Gasteiger partial charge is 0.136 e. The molecule has 4 atom stereocenters. The molecule has 9 heteroatoms. The van der Waals surface area contributed by atoms with Gasteiger partial charge in [0.1, 0.15) is 24.0 Å². The third-order valence-corrected chi connectivity index (χ3v) is 9.04. The first kappa shape index (κ1) is 30.7. The summed E-state index contributed by atoms with van der Waals surface area (Å²) in [6.45, 7) is 2.87. The van der Waals surface area contributed by atoms with Crippen LogP contribution in [0.2, 0.25) is 0 Å². The van der Waals surface area contributed by atoms with E-state index < -0.39 is 42.6 Å². The predicted molar refractivity (Wildman–Crippen MR) is 162 cm³/mol. The Kier molecular flexibility index (Phi) is 9.35. The number of ether oxygens (including phenoxy) is 1. The van der Waals surface area contributed by atoms with Gasteiger partial charge in [0.05, 0.1) is 25.9 Å². The summed E-state index contributed by atoms with van der Waals surface area (Å²) < 4.78 is 81.2. The zero-order chi connectivity index (χ0) is 30.8. The van der Waals surface area contributed by atoms with Gasteiger partial charge in [-0.05, 0) is 54.7 Å². The number of rotatable bonds is 12. The second-order valence-electron chi connectivity index (χ2n) is 12.2. The summed E-state index contributed by atoms with van der Waals surface area (Å²) in [4.78, 5) is 7.09. The Bertz CT molecular complexity index is 1530. The number of hydrogen-bond donors (Lipinski definition) is 1. The Morgan fingerprint density at radius 1 is 0.977 bits per heavy atom. The van der Waals surface area contributed by atoms with Crippen molar-refractivity contribution in [2.75, 3.05) is 39.5 Å². The molecule has 3 aromatic carbocycles. The number of aromatic amines is 1. The predicted octanol–water partition coefficient (Wildman–Crippen LogP) is 7.64. The lowest BCUT2D eigenvalue weighted by Gasteiger charge is -2.42. The highest BCUT2D eigenvalue weighted by Gasteiger charge is 2.41. The molecular formula is C35H38F5N3O. The number of halogens is 5. The fourth-order valence-corrected chi connectivity index (χ4v) is 6.82. The molecule has 2 aliphatic heterocycles. The molecule has 1 aromatic heterocycles. The van der Waals surface area contributed by atoms with Crippen LogP contribution in [0.15, 0.2) is 66.7 Å². The van der Waals surface area contributed by atoms with Crippen LogP contribution < -0.4 is 0 Å². The first-order valence-corrected chi connectivity index (χ1v) is 15.4. The van der Waals surface area contributed by atoms with Crippen molar-refractivity contribution < 1.29 is 26.7 Å². The first-order valence-electron chi connectivity index (χ1n) is 15.4. The van der Waals surface area contributed by atoms with Gasteiger partial charge in [-0.3, -0.25) is 9.29 Å². The van der Waals surface area contributed by atoms with E-state index in [9.17, 15) is 4.39 Å². The van der Waals surface area contributed by atoms with Crippen LogP contribution in [-0.4, -0.2) is 66.5 Å². The standard InChI is InChI=1S/C35H38F5N3O/c1-22-14-28-27-10-5-6-11-31(27)41-34(28)35(43(22)19-26(37)21-44-20-23-8-3-2-4-9-23)32-29(38)15-24(16-30(32)39)33(40)25-17-42(18-25)13-7-12-36/h2-6,8-11,15-16,22,25-26,33,35,41H,7,12-14,17-21H2,1H3/t22-,26-,33?,35-/m1/s1. The summed E-state index contributed by atoms with van der Waals surface area (Å²) in [5.74, 6) is -2.13. The van der Waals surface area contributed by atoms with Crippen molar-refractivity contribution in [2.24, 2.45) is 5.92 Å². The number of hydrogen-bond acceptors (Lipinski definition) is 3. The van der Waals surface area contributed by atoms with E-state index in [4.69, 9.17) is 4.74 Å². The van der Waals surface area contributed by atoms with Gasteiger partial charge in [-0.15, -0.1) is 0 Å². The molecule has 4 aromatic rings. The van der Waals surface area contributed by atoms with Crippen LogP contribution in [0.3, 0.4) is 0 Å². The fourth-order valence-electron chi connectivity index (χ4n) is 6.82. The van der Waals surface area contributed by atoms with Crippen molar-refractivity contribution in [3.63, 3.8) is 0 Å². The van der Waals surface area contributed by atoms with Gasteiger partial charge in [0.15, 0.2) is 0 Å². The summed E-state index contributed by atoms with van der Waals surface area (Å²) in [7, 11) is 0. The van der Waals surface area contributed by atoms with Gasteiger partial charge in [-0.25, -0.2) is 17.6 Å². The normalized spacial score (nSPS) is 20.9. The Hall–Kier alpha value is -3.27. The van der Waals surface area contributed by atoms with Crippen molar-refractivity contribution in [3.05, 3.63) is 106 Å². The Labute approximate surface area is 254 Å². The van der Waals surface area contributed by atoms with Crippen molar-refractivity contribution in [2.45, 2.75) is 50.8 Å². The maximum Gasteiger partial charge on any atom is 0.136 e. The highest BCUT2D eigenvalue weighted by molar-refractivity contribution is 5.85. The zero-order valence-corrected chi connectivity index (χ0v) is 24.8. The van der Waals surface area contributed by atoms with Gasteiger partial charge in [0, 0.05) is 60.3 Å². The third kappa shape index (κ3) is 6.28. The highest BCUT2D eigenvalue weighted by atomic mass is 19.1. The van der Waals surface area contributed by atoms with Crippen LogP contribution in [-0.2, 0) is 17.8 Å². The van der Waals surface area contributed by atoms with E-state index >= 15 is 17.6 Å². The van der Waals surface area contributed by atoms with E-state index in [-0.39, 0.29) is 36.9 Å². The number of likely N-dealkylation sites (tertiary alicyclic amines) is 1. The molecule has 0 spiro atoms. The molecule has 44 heavy (non-hydrogen) atoms. The van der Waals surface area contributed by atoms with E-state index in [0.29, 0.717) is 38.2 Å². The average Bonchev–Trinajstić information content (AvgIpc) is 3.36. The van der Waals surface area contributed by atoms with E-state index in [1.165, 1.54) is 0 Å². The number of para-hydroxylation sites is 1. The van der Waals surface area contributed by atoms with Crippen LogP contribution in [0, 0.1) is 17.6 Å². The van der Waals surface area contributed by atoms with Gasteiger partial charge < -0.3 is 14.6 Å². The number of benzene rings is 3. The van der Waals surface area contributed by atoms with Crippen molar-refractivity contribution >= 4 is 10.9 Å². The van der Waals surface area contributed by atoms with E-state index in [0.717, 1.165) is 34.2 Å². The van der Waals surface area contributed by atoms with Crippen molar-refractivity contribution in [1.29, 1.82) is 0 Å². The summed E-state index contributed by atoms with van der Waals surface area (Å²) in [6, 6.07) is 18.2. The molecule has 3 heterocycles. The largest absolute Gasteiger partial charge is 0.374 e. The van der Waals surface area contributed by atoms with Crippen molar-refractivity contribution in [3.8, 4) is 0 Å². The first-order chi connectivity index (χ1) is 21.3. The molecule has 1 unspecified atom stereocenters. The topological polar surface area (TPSA) is 31.5 Å². The van der Waals surface area contributed by atoms with Crippen LogP contribution in [0.25, 0.3) is 10.9 Å². The highest BCUT2D eigenvalue weighted by Crippen LogP contribution is 2.44. The monoisotopic (exact) mass is 611 g/mol. The second kappa shape index (κ2) is 13.4. The van der Waals surface area contributed by atoms with Crippen LogP contribution in [0.5, 0.6) is 0 Å². The van der Waals surface area contributed by atoms with E-state index in [1.54, 1.807) is 4.90 Å². The van der Waals surface area contributed by atoms with Crippen LogP contribution in [0.1, 0.15) is 53.5 Å². The lowest BCUT2D eigenvalue weighted by Crippen LogP contribution is -2.49. The summed E-state index contributed by atoms with van der Waals surface area (Å²) in [6.07, 6.45) is -2.00. The molecule has 0 saturated carbocycles. The zero-order valence-electron chi connectivity index (χ0n) is 24.8. The minimum atomic E-state index is -1.54. The molecule has 0 radical (unpaired) electrons. The quantitative estimate of drug-likeness (QED) is 0.167. The Morgan fingerprint density at radius 2 is 1.68 bits per heavy atom.